The van der Waals surface area contributed by atoms with Gasteiger partial charge in [-0.2, -0.15) is 0 Å². The zero-order valence-corrected chi connectivity index (χ0v) is 13.7. The van der Waals surface area contributed by atoms with Gasteiger partial charge in [0, 0.05) is 11.4 Å². The maximum Gasteiger partial charge on any atom is 0.226 e. The van der Waals surface area contributed by atoms with Crippen molar-refractivity contribution in [3.63, 3.8) is 0 Å². The molecule has 4 aliphatic carbocycles. The van der Waals surface area contributed by atoms with E-state index in [0.29, 0.717) is 11.8 Å². The number of nitrogens with one attached hydrogen (secondary N) is 1. The van der Waals surface area contributed by atoms with Gasteiger partial charge >= 0.3 is 0 Å². The summed E-state index contributed by atoms with van der Waals surface area (Å²) in [7, 11) is 0. The van der Waals surface area contributed by atoms with E-state index in [4.69, 9.17) is 11.6 Å². The van der Waals surface area contributed by atoms with Crippen molar-refractivity contribution in [2.24, 2.45) is 17.3 Å². The van der Waals surface area contributed by atoms with Gasteiger partial charge in [0.1, 0.15) is 0 Å². The molecule has 1 amide bonds. The second-order valence-corrected chi connectivity index (χ2v) is 8.69. The molecule has 4 bridgehead atoms. The summed E-state index contributed by atoms with van der Waals surface area (Å²) in [6, 6.07) is 10.4. The highest BCUT2D eigenvalue weighted by Gasteiger charge is 2.59. The molecule has 5 rings (SSSR count). The number of carbonyl (C=O) groups is 1. The normalized spacial score (nSPS) is 39.0. The van der Waals surface area contributed by atoms with Gasteiger partial charge in [-0.3, -0.25) is 4.79 Å². The Morgan fingerprint density at radius 3 is 2.45 bits per heavy atom. The third-order valence-electron chi connectivity index (χ3n) is 6.01. The molecule has 0 aromatic heterocycles. The number of alkyl halides is 1. The molecule has 0 saturated heterocycles. The van der Waals surface area contributed by atoms with E-state index >= 15 is 0 Å². The van der Waals surface area contributed by atoms with Crippen LogP contribution in [-0.4, -0.2) is 17.3 Å². The van der Waals surface area contributed by atoms with Gasteiger partial charge in [0.05, 0.1) is 5.41 Å². The van der Waals surface area contributed by atoms with Gasteiger partial charge in [-0.15, -0.1) is 11.6 Å². The van der Waals surface area contributed by atoms with Crippen molar-refractivity contribution in [3.8, 4) is 0 Å². The minimum atomic E-state index is -0.164. The lowest BCUT2D eigenvalue weighted by molar-refractivity contribution is -0.144. The highest BCUT2D eigenvalue weighted by molar-refractivity contribution is 6.24. The number of halogens is 1. The summed E-state index contributed by atoms with van der Waals surface area (Å²) in [5, 5.41) is 3.21. The van der Waals surface area contributed by atoms with Crippen LogP contribution >= 0.6 is 11.6 Å². The molecule has 0 aliphatic heterocycles. The Morgan fingerprint density at radius 2 is 1.82 bits per heavy atom. The van der Waals surface area contributed by atoms with Crippen LogP contribution in [0.4, 0.5) is 0 Å². The smallest absolute Gasteiger partial charge is 0.226 e. The van der Waals surface area contributed by atoms with Crippen LogP contribution in [0.2, 0.25) is 0 Å². The zero-order chi connectivity index (χ0) is 15.2. The Morgan fingerprint density at radius 1 is 1.14 bits per heavy atom. The molecule has 2 atom stereocenters. The highest BCUT2D eigenvalue weighted by atomic mass is 35.5. The predicted molar refractivity (Wildman–Crippen MR) is 88.9 cm³/mol. The first kappa shape index (κ1) is 14.6. The number of hydrogen-bond acceptors (Lipinski definition) is 1. The van der Waals surface area contributed by atoms with Crippen LogP contribution in [-0.2, 0) is 11.2 Å². The third-order valence-corrected chi connectivity index (χ3v) is 6.46. The van der Waals surface area contributed by atoms with Crippen molar-refractivity contribution in [1.29, 1.82) is 0 Å². The first-order chi connectivity index (χ1) is 10.6. The van der Waals surface area contributed by atoms with E-state index < -0.39 is 0 Å². The van der Waals surface area contributed by atoms with Crippen molar-refractivity contribution in [2.75, 3.05) is 6.54 Å². The number of carbonyl (C=O) groups excluding carboxylic acids is 1. The van der Waals surface area contributed by atoms with Crippen molar-refractivity contribution in [3.05, 3.63) is 35.9 Å². The first-order valence-electron chi connectivity index (χ1n) is 8.58. The van der Waals surface area contributed by atoms with E-state index in [1.807, 2.05) is 18.2 Å². The van der Waals surface area contributed by atoms with Crippen LogP contribution in [0.3, 0.4) is 0 Å². The molecule has 4 fully saturated rings. The summed E-state index contributed by atoms with van der Waals surface area (Å²) >= 11 is 6.81. The summed E-state index contributed by atoms with van der Waals surface area (Å²) in [6.45, 7) is 0.731. The van der Waals surface area contributed by atoms with Crippen molar-refractivity contribution < 1.29 is 4.79 Å². The summed E-state index contributed by atoms with van der Waals surface area (Å²) in [6.07, 6.45) is 7.49. The van der Waals surface area contributed by atoms with Crippen LogP contribution in [0.1, 0.15) is 44.1 Å². The first-order valence-corrected chi connectivity index (χ1v) is 8.96. The fraction of sp³-hybridized carbons (Fsp3) is 0.632. The molecule has 0 spiro atoms. The van der Waals surface area contributed by atoms with E-state index in [-0.39, 0.29) is 16.2 Å². The van der Waals surface area contributed by atoms with Gasteiger partial charge in [0.15, 0.2) is 0 Å². The zero-order valence-electron chi connectivity index (χ0n) is 13.0. The Kier molecular flexibility index (Phi) is 3.48. The molecule has 1 aromatic carbocycles. The summed E-state index contributed by atoms with van der Waals surface area (Å²) < 4.78 is 0. The number of benzene rings is 1. The van der Waals surface area contributed by atoms with Gasteiger partial charge in [-0.1, -0.05) is 30.3 Å². The van der Waals surface area contributed by atoms with Gasteiger partial charge in [-0.05, 0) is 62.3 Å². The Balaban J connectivity index is 1.40. The monoisotopic (exact) mass is 317 g/mol. The molecule has 118 valence electrons. The number of hydrogen-bond donors (Lipinski definition) is 1. The summed E-state index contributed by atoms with van der Waals surface area (Å²) in [5.41, 5.74) is 1.12. The Bertz CT molecular complexity index is 556. The quantitative estimate of drug-likeness (QED) is 0.838. The summed E-state index contributed by atoms with van der Waals surface area (Å²) in [4.78, 5) is 12.8. The van der Waals surface area contributed by atoms with E-state index in [0.717, 1.165) is 45.1 Å². The van der Waals surface area contributed by atoms with E-state index in [2.05, 4.69) is 17.4 Å². The van der Waals surface area contributed by atoms with Crippen molar-refractivity contribution in [2.45, 2.75) is 49.8 Å². The molecular formula is C19H24ClNO. The molecule has 4 aliphatic rings. The molecule has 3 heteroatoms. The maximum atomic E-state index is 12.9. The molecule has 2 unspecified atom stereocenters. The van der Waals surface area contributed by atoms with Gasteiger partial charge in [-0.25, -0.2) is 0 Å². The van der Waals surface area contributed by atoms with Gasteiger partial charge < -0.3 is 5.32 Å². The van der Waals surface area contributed by atoms with Gasteiger partial charge in [0.2, 0.25) is 5.91 Å². The van der Waals surface area contributed by atoms with E-state index in [1.54, 1.807) is 0 Å². The average Bonchev–Trinajstić information content (AvgIpc) is 2.45. The standard InChI is InChI=1S/C19H24ClNO/c20-19-11-15-8-16(12-19)10-18(9-15,13-19)17(22)21-7-6-14-4-2-1-3-5-14/h1-5,15-16H,6-13H2,(H,21,22). The maximum absolute atomic E-state index is 12.9. The highest BCUT2D eigenvalue weighted by Crippen LogP contribution is 2.63. The van der Waals surface area contributed by atoms with Crippen LogP contribution in [0.15, 0.2) is 30.3 Å². The lowest BCUT2D eigenvalue weighted by atomic mass is 9.49. The molecule has 0 radical (unpaired) electrons. The van der Waals surface area contributed by atoms with Gasteiger partial charge in [0.25, 0.3) is 0 Å². The van der Waals surface area contributed by atoms with Crippen molar-refractivity contribution >= 4 is 17.5 Å². The third kappa shape index (κ3) is 2.56. The molecular weight excluding hydrogens is 294 g/mol. The SMILES string of the molecule is O=C(NCCc1ccccc1)C12CC3CC(CC(Cl)(C3)C1)C2. The predicted octanol–water partition coefficient (Wildman–Crippen LogP) is 3.92. The van der Waals surface area contributed by atoms with Crippen LogP contribution in [0, 0.1) is 17.3 Å². The Labute approximate surface area is 137 Å². The molecule has 1 N–H and O–H groups in total. The molecule has 2 nitrogen and oxygen atoms in total. The lowest BCUT2D eigenvalue weighted by Gasteiger charge is -2.59. The van der Waals surface area contributed by atoms with Crippen molar-refractivity contribution in [1.82, 2.24) is 5.32 Å². The number of amides is 1. The van der Waals surface area contributed by atoms with Crippen LogP contribution in [0.5, 0.6) is 0 Å². The van der Waals surface area contributed by atoms with Crippen LogP contribution < -0.4 is 5.32 Å². The second-order valence-electron chi connectivity index (χ2n) is 7.88. The van der Waals surface area contributed by atoms with E-state index in [9.17, 15) is 4.79 Å². The second kappa shape index (κ2) is 5.26. The fourth-order valence-electron chi connectivity index (χ4n) is 5.57. The minimum Gasteiger partial charge on any atom is -0.355 e. The lowest BCUT2D eigenvalue weighted by Crippen LogP contribution is -2.58. The molecule has 4 saturated carbocycles. The molecule has 0 heterocycles. The summed E-state index contributed by atoms with van der Waals surface area (Å²) in [5.74, 6) is 1.62. The minimum absolute atomic E-state index is 0.0825. The Hall–Kier alpha value is -1.02. The largest absolute Gasteiger partial charge is 0.355 e. The fourth-order valence-corrected chi connectivity index (χ4v) is 6.26. The molecule has 22 heavy (non-hydrogen) atoms. The molecule has 1 aromatic rings. The van der Waals surface area contributed by atoms with E-state index in [1.165, 1.54) is 12.0 Å². The number of rotatable bonds is 4. The van der Waals surface area contributed by atoms with Crippen LogP contribution in [0.25, 0.3) is 0 Å². The average molecular weight is 318 g/mol. The topological polar surface area (TPSA) is 29.1 Å².